The van der Waals surface area contributed by atoms with Gasteiger partial charge in [0.25, 0.3) is 5.91 Å². The lowest BCUT2D eigenvalue weighted by molar-refractivity contribution is -0.0954. The molecule has 7 rings (SSSR count). The Morgan fingerprint density at radius 3 is 2.65 bits per heavy atom. The summed E-state index contributed by atoms with van der Waals surface area (Å²) >= 11 is 6.51. The summed E-state index contributed by atoms with van der Waals surface area (Å²) in [6.07, 6.45) is 11.7. The highest BCUT2D eigenvalue weighted by Crippen LogP contribution is 2.49. The number of allylic oxidation sites excluding steroid dienone is 1. The number of aryl methyl sites for hydroxylation is 1. The second-order valence-electron chi connectivity index (χ2n) is 16.3. The van der Waals surface area contributed by atoms with Crippen LogP contribution in [0.25, 0.3) is 0 Å². The average Bonchev–Trinajstić information content (AvgIpc) is 3.26. The first-order chi connectivity index (χ1) is 25.0. The molecule has 2 bridgehead atoms. The summed E-state index contributed by atoms with van der Waals surface area (Å²) in [4.78, 5) is 26.3. The van der Waals surface area contributed by atoms with Crippen molar-refractivity contribution in [3.63, 3.8) is 0 Å². The van der Waals surface area contributed by atoms with E-state index in [1.54, 1.807) is 6.07 Å². The van der Waals surface area contributed by atoms with Crippen LogP contribution >= 0.6 is 11.6 Å². The van der Waals surface area contributed by atoms with Gasteiger partial charge >= 0.3 is 0 Å². The van der Waals surface area contributed by atoms with E-state index in [0.717, 1.165) is 82.9 Å². The number of methoxy groups -OCH3 is 1. The van der Waals surface area contributed by atoms with Crippen molar-refractivity contribution in [3.05, 3.63) is 64.3 Å². The van der Waals surface area contributed by atoms with Gasteiger partial charge in [0.1, 0.15) is 11.3 Å². The van der Waals surface area contributed by atoms with Crippen LogP contribution in [0.5, 0.6) is 5.75 Å². The molecule has 1 saturated heterocycles. The van der Waals surface area contributed by atoms with E-state index in [0.29, 0.717) is 43.0 Å². The smallest absolute Gasteiger partial charge is 0.281 e. The van der Waals surface area contributed by atoms with Crippen molar-refractivity contribution in [3.8, 4) is 5.75 Å². The van der Waals surface area contributed by atoms with E-state index in [9.17, 15) is 9.00 Å². The third kappa shape index (κ3) is 7.39. The number of amides is 1. The van der Waals surface area contributed by atoms with E-state index in [1.807, 2.05) is 26.2 Å². The molecule has 5 aliphatic rings. The summed E-state index contributed by atoms with van der Waals surface area (Å²) in [6, 6.07) is 9.87. The zero-order valence-corrected chi connectivity index (χ0v) is 33.2. The van der Waals surface area contributed by atoms with Crippen molar-refractivity contribution in [1.29, 1.82) is 0 Å². The monoisotopic (exact) mass is 751 g/mol. The third-order valence-electron chi connectivity index (χ3n) is 13.0. The van der Waals surface area contributed by atoms with Crippen molar-refractivity contribution in [1.82, 2.24) is 19.5 Å². The van der Waals surface area contributed by atoms with Gasteiger partial charge < -0.3 is 19.3 Å². The van der Waals surface area contributed by atoms with Crippen molar-refractivity contribution in [2.45, 2.75) is 82.0 Å². The summed E-state index contributed by atoms with van der Waals surface area (Å²) in [6.45, 7) is 14.5. The Kier molecular flexibility index (Phi) is 11.0. The molecule has 2 fully saturated rings. The molecular weight excluding hydrogens is 694 g/mol. The Balaban J connectivity index is 1.28. The minimum Gasteiger partial charge on any atom is -0.489 e. The van der Waals surface area contributed by atoms with Crippen LogP contribution in [0.1, 0.15) is 80.9 Å². The molecule has 1 aromatic heterocycles. The quantitative estimate of drug-likeness (QED) is 0.295. The van der Waals surface area contributed by atoms with Crippen molar-refractivity contribution in [2.24, 2.45) is 17.8 Å². The number of fused-ring (bicyclic) bond motifs is 4. The molecule has 284 valence electrons. The van der Waals surface area contributed by atoms with Crippen molar-refractivity contribution >= 4 is 38.9 Å². The van der Waals surface area contributed by atoms with Crippen LogP contribution in [0.3, 0.4) is 0 Å². The number of rotatable bonds is 5. The number of hydrogen-bond acceptors (Lipinski definition) is 8. The van der Waals surface area contributed by atoms with Gasteiger partial charge in [-0.2, -0.15) is 0 Å². The molecule has 3 aliphatic heterocycles. The number of pyridine rings is 1. The van der Waals surface area contributed by atoms with Crippen LogP contribution in [-0.2, 0) is 26.3 Å². The fourth-order valence-electron chi connectivity index (χ4n) is 9.59. The average molecular weight is 752 g/mol. The van der Waals surface area contributed by atoms with E-state index in [1.165, 1.54) is 17.5 Å². The lowest BCUT2D eigenvalue weighted by Crippen LogP contribution is -2.59. The molecule has 1 aromatic carbocycles. The molecule has 2 aromatic rings. The number of hydrogen-bond donors (Lipinski definition) is 1. The predicted molar refractivity (Wildman–Crippen MR) is 212 cm³/mol. The Morgan fingerprint density at radius 1 is 1.13 bits per heavy atom. The highest BCUT2D eigenvalue weighted by molar-refractivity contribution is 7.99. The van der Waals surface area contributed by atoms with Crippen molar-refractivity contribution < 1.29 is 18.5 Å². The minimum absolute atomic E-state index is 0.0205. The van der Waals surface area contributed by atoms with Gasteiger partial charge in [-0.15, -0.1) is 0 Å². The number of halogens is 1. The molecular formula is C41H58ClN5O4S. The number of carbonyl (C=O) groups is 1. The summed E-state index contributed by atoms with van der Waals surface area (Å²) in [5, 5.41) is 0.407. The molecule has 7 atom stereocenters. The highest BCUT2D eigenvalue weighted by atomic mass is 35.5. The number of piperazine rings is 1. The molecule has 1 N–H and O–H groups in total. The SMILES string of the molecule is C=S1(=O)NC(=O)c2ccc3c(n2)N(C[C@@H]2CC[C@H]2[C@@](CN2CCN(CCC)CC2)(OC)/C=C/C[C@H](C)[C@H]1C)C[C@@]1(CCCc2cc(Cl)ccc21)CO3. The summed E-state index contributed by atoms with van der Waals surface area (Å²) in [5.74, 6) is 5.59. The van der Waals surface area contributed by atoms with Crippen LogP contribution in [0.2, 0.25) is 5.02 Å². The van der Waals surface area contributed by atoms with E-state index in [2.05, 4.69) is 63.4 Å². The van der Waals surface area contributed by atoms with Gasteiger partial charge in [-0.25, -0.2) is 9.19 Å². The Labute approximate surface area is 316 Å². The number of benzene rings is 1. The van der Waals surface area contributed by atoms with Gasteiger partial charge in [-0.1, -0.05) is 43.7 Å². The molecule has 2 aliphatic carbocycles. The number of nitrogens with one attached hydrogen (secondary N) is 1. The second kappa shape index (κ2) is 15.2. The summed E-state index contributed by atoms with van der Waals surface area (Å²) in [5.41, 5.74) is 2.07. The van der Waals surface area contributed by atoms with Crippen molar-refractivity contribution in [2.75, 3.05) is 71.0 Å². The Morgan fingerprint density at radius 2 is 1.92 bits per heavy atom. The van der Waals surface area contributed by atoms with Crippen LogP contribution in [0, 0.1) is 17.8 Å². The maximum atomic E-state index is 14.0. The summed E-state index contributed by atoms with van der Waals surface area (Å²) < 4.78 is 30.2. The lowest BCUT2D eigenvalue weighted by atomic mass is 9.63. The van der Waals surface area contributed by atoms with Gasteiger partial charge in [0.15, 0.2) is 11.6 Å². The van der Waals surface area contributed by atoms with Crippen LogP contribution in [0.15, 0.2) is 42.5 Å². The maximum absolute atomic E-state index is 14.0. The Hall–Kier alpha value is -2.63. The highest BCUT2D eigenvalue weighted by Gasteiger charge is 2.50. The number of nitrogens with zero attached hydrogens (tertiary/aromatic N) is 4. The van der Waals surface area contributed by atoms with Gasteiger partial charge in [0, 0.05) is 68.6 Å². The zero-order valence-electron chi connectivity index (χ0n) is 31.6. The third-order valence-corrected chi connectivity index (χ3v) is 15.5. The van der Waals surface area contributed by atoms with E-state index < -0.39 is 21.2 Å². The molecule has 52 heavy (non-hydrogen) atoms. The van der Waals surface area contributed by atoms with Gasteiger partial charge in [0.2, 0.25) is 0 Å². The second-order valence-corrected chi connectivity index (χ2v) is 19.2. The number of anilines is 1. The van der Waals surface area contributed by atoms with Gasteiger partial charge in [-0.05, 0) is 117 Å². The van der Waals surface area contributed by atoms with E-state index in [-0.39, 0.29) is 22.3 Å². The number of carbonyl (C=O) groups excluding carboxylic acids is 1. The van der Waals surface area contributed by atoms with Gasteiger partial charge in [-0.3, -0.25) is 14.4 Å². The summed E-state index contributed by atoms with van der Waals surface area (Å²) in [7, 11) is -1.10. The molecule has 1 unspecified atom stereocenters. The Bertz CT molecular complexity index is 1760. The molecule has 1 saturated carbocycles. The van der Waals surface area contributed by atoms with E-state index >= 15 is 0 Å². The first kappa shape index (κ1) is 37.7. The van der Waals surface area contributed by atoms with Crippen LogP contribution < -0.4 is 14.4 Å². The van der Waals surface area contributed by atoms with Gasteiger partial charge in [0.05, 0.1) is 16.3 Å². The molecule has 11 heteroatoms. The fraction of sp³-hybridized carbons (Fsp3) is 0.634. The minimum atomic E-state index is -2.99. The predicted octanol–water partition coefficient (Wildman–Crippen LogP) is 5.99. The standard InChI is InChI=1S/C41H58ClN5O4S/c1-6-19-45-20-22-46(23-21-45)27-41(50-4)18-7-9-29(2)30(3)52(5,49)44-39(48)36-15-16-37-38(43-36)47(25-32-11-13-35(32)41)26-40(28-51-37)17-8-10-31-24-33(42)12-14-34(31)40/h7,12,14-16,18,24,29-30,32,35H,5-6,8-11,13,17,19-23,25-28H2,1-4H3,(H,44,48,49)/b18-7+/t29-,30+,32-,35+,40-,41+,52?/m0/s1. The van der Waals surface area contributed by atoms with E-state index in [4.69, 9.17) is 26.1 Å². The number of ether oxygens (including phenoxy) is 2. The largest absolute Gasteiger partial charge is 0.489 e. The van der Waals surface area contributed by atoms with Crippen LogP contribution in [-0.4, -0.2) is 108 Å². The maximum Gasteiger partial charge on any atom is 0.281 e. The topological polar surface area (TPSA) is 87.2 Å². The van der Waals surface area contributed by atoms with Crippen LogP contribution in [0.4, 0.5) is 5.82 Å². The molecule has 4 heterocycles. The normalized spacial score (nSPS) is 35.0. The molecule has 1 spiro atoms. The lowest BCUT2D eigenvalue weighted by Gasteiger charge is -2.52. The number of aromatic nitrogens is 1. The molecule has 0 radical (unpaired) electrons. The fourth-order valence-corrected chi connectivity index (χ4v) is 11.2. The molecule has 1 amide bonds. The molecule has 9 nitrogen and oxygen atoms in total. The first-order valence-corrected chi connectivity index (χ1v) is 21.7. The zero-order chi connectivity index (χ0) is 36.7. The first-order valence-electron chi connectivity index (χ1n) is 19.5.